The van der Waals surface area contributed by atoms with Crippen molar-refractivity contribution in [2.45, 2.75) is 6.42 Å². The number of nitrogens with zero attached hydrogens (tertiary/aromatic N) is 2. The zero-order valence-corrected chi connectivity index (χ0v) is 10.3. The minimum Gasteiger partial charge on any atom is -0.508 e. The normalized spacial score (nSPS) is 10.9. The van der Waals surface area contributed by atoms with Gasteiger partial charge in [-0.3, -0.25) is 0 Å². The van der Waals surface area contributed by atoms with Crippen molar-refractivity contribution in [1.29, 1.82) is 0 Å². The molecule has 3 rings (SSSR count). The minimum atomic E-state index is 0.190. The molecule has 0 atom stereocenters. The molecule has 3 nitrogen and oxygen atoms in total. The van der Waals surface area contributed by atoms with Crippen molar-refractivity contribution in [1.82, 2.24) is 9.38 Å². The highest BCUT2D eigenvalue weighted by Crippen LogP contribution is 2.23. The van der Waals surface area contributed by atoms with Gasteiger partial charge >= 0.3 is 0 Å². The summed E-state index contributed by atoms with van der Waals surface area (Å²) in [6.45, 7) is 0. The van der Waals surface area contributed by atoms with Gasteiger partial charge < -0.3 is 9.51 Å². The number of hydrogen-bond acceptors (Lipinski definition) is 2. The van der Waals surface area contributed by atoms with Gasteiger partial charge in [-0.05, 0) is 11.6 Å². The molecule has 0 aliphatic carbocycles. The molecule has 0 saturated carbocycles. The zero-order chi connectivity index (χ0) is 12.5. The van der Waals surface area contributed by atoms with Gasteiger partial charge in [0.05, 0.1) is 5.52 Å². The minimum absolute atomic E-state index is 0.190. The summed E-state index contributed by atoms with van der Waals surface area (Å²) in [7, 11) is 0. The summed E-state index contributed by atoms with van der Waals surface area (Å²) in [5.41, 5.74) is 1.90. The largest absolute Gasteiger partial charge is 0.508 e. The maximum absolute atomic E-state index is 9.45. The Hall–Kier alpha value is -2.00. The maximum atomic E-state index is 9.45. The summed E-state index contributed by atoms with van der Waals surface area (Å²) in [4.78, 5) is 4.34. The Morgan fingerprint density at radius 3 is 2.72 bits per heavy atom. The van der Waals surface area contributed by atoms with Crippen LogP contribution in [0.2, 0.25) is 5.15 Å². The molecular weight excluding hydrogens is 248 g/mol. The van der Waals surface area contributed by atoms with E-state index in [-0.39, 0.29) is 5.75 Å². The van der Waals surface area contributed by atoms with E-state index >= 15 is 0 Å². The first-order valence-corrected chi connectivity index (χ1v) is 6.01. The van der Waals surface area contributed by atoms with Crippen LogP contribution in [0.4, 0.5) is 0 Å². The highest BCUT2D eigenvalue weighted by molar-refractivity contribution is 6.32. The quantitative estimate of drug-likeness (QED) is 0.766. The number of aromatic hydroxyl groups is 1. The monoisotopic (exact) mass is 258 g/mol. The number of aromatic nitrogens is 2. The van der Waals surface area contributed by atoms with E-state index in [0.717, 1.165) is 11.3 Å². The molecule has 0 aliphatic rings. The van der Waals surface area contributed by atoms with E-state index in [4.69, 9.17) is 11.6 Å². The molecule has 2 aromatic heterocycles. The van der Waals surface area contributed by atoms with Crippen LogP contribution in [-0.2, 0) is 6.42 Å². The SMILES string of the molecule is Oc1ccn2c(Cc3ccccc3)nc(Cl)c2c1. The number of pyridine rings is 1. The smallest absolute Gasteiger partial charge is 0.155 e. The standard InChI is InChI=1S/C14H11ClN2O/c15-14-12-9-11(18)6-7-17(12)13(16-14)8-10-4-2-1-3-5-10/h1-7,9,18H,8H2. The van der Waals surface area contributed by atoms with Crippen LogP contribution in [0.15, 0.2) is 48.7 Å². The lowest BCUT2D eigenvalue weighted by atomic mass is 10.1. The molecule has 3 aromatic rings. The van der Waals surface area contributed by atoms with Crippen molar-refractivity contribution in [2.24, 2.45) is 0 Å². The number of benzene rings is 1. The molecule has 0 saturated heterocycles. The Balaban J connectivity index is 2.08. The molecule has 0 spiro atoms. The predicted molar refractivity (Wildman–Crippen MR) is 71.1 cm³/mol. The van der Waals surface area contributed by atoms with Gasteiger partial charge in [0.1, 0.15) is 11.6 Å². The Bertz CT molecular complexity index is 692. The first-order chi connectivity index (χ1) is 8.74. The van der Waals surface area contributed by atoms with Gasteiger partial charge in [0.2, 0.25) is 0 Å². The third-order valence-electron chi connectivity index (χ3n) is 2.86. The van der Waals surface area contributed by atoms with E-state index in [9.17, 15) is 5.11 Å². The highest BCUT2D eigenvalue weighted by Gasteiger charge is 2.10. The maximum Gasteiger partial charge on any atom is 0.155 e. The Kier molecular flexibility index (Phi) is 2.68. The number of halogens is 1. The fraction of sp³-hybridized carbons (Fsp3) is 0.0714. The van der Waals surface area contributed by atoms with Crippen molar-refractivity contribution >= 4 is 17.1 Å². The van der Waals surface area contributed by atoms with E-state index in [1.54, 1.807) is 18.3 Å². The second kappa shape index (κ2) is 4.35. The van der Waals surface area contributed by atoms with Crippen LogP contribution in [0.25, 0.3) is 5.52 Å². The van der Waals surface area contributed by atoms with Crippen molar-refractivity contribution in [3.63, 3.8) is 0 Å². The number of hydrogen-bond donors (Lipinski definition) is 1. The van der Waals surface area contributed by atoms with Gasteiger partial charge in [-0.25, -0.2) is 4.98 Å². The molecule has 2 heterocycles. The van der Waals surface area contributed by atoms with Crippen LogP contribution in [0, 0.1) is 0 Å². The van der Waals surface area contributed by atoms with E-state index in [1.165, 1.54) is 5.56 Å². The number of imidazole rings is 1. The molecule has 0 aliphatic heterocycles. The molecule has 0 radical (unpaired) electrons. The van der Waals surface area contributed by atoms with Gasteiger partial charge in [0.15, 0.2) is 5.15 Å². The van der Waals surface area contributed by atoms with Gasteiger partial charge in [0.25, 0.3) is 0 Å². The second-order valence-corrected chi connectivity index (χ2v) is 4.48. The summed E-state index contributed by atoms with van der Waals surface area (Å²) in [6.07, 6.45) is 2.49. The van der Waals surface area contributed by atoms with Crippen LogP contribution < -0.4 is 0 Å². The lowest BCUT2D eigenvalue weighted by Crippen LogP contribution is -1.95. The van der Waals surface area contributed by atoms with Crippen LogP contribution in [0.5, 0.6) is 5.75 Å². The third-order valence-corrected chi connectivity index (χ3v) is 3.14. The molecule has 4 heteroatoms. The van der Waals surface area contributed by atoms with Crippen LogP contribution in [0.1, 0.15) is 11.4 Å². The average Bonchev–Trinajstić information content (AvgIpc) is 2.67. The van der Waals surface area contributed by atoms with Gasteiger partial charge in [0, 0.05) is 18.7 Å². The Morgan fingerprint density at radius 2 is 1.94 bits per heavy atom. The molecule has 18 heavy (non-hydrogen) atoms. The molecule has 0 fully saturated rings. The molecule has 1 aromatic carbocycles. The summed E-state index contributed by atoms with van der Waals surface area (Å²) in [6, 6.07) is 13.3. The van der Waals surface area contributed by atoms with Crippen LogP contribution in [0.3, 0.4) is 0 Å². The Labute approximate surface area is 109 Å². The lowest BCUT2D eigenvalue weighted by molar-refractivity contribution is 0.475. The first-order valence-electron chi connectivity index (χ1n) is 5.63. The van der Waals surface area contributed by atoms with Crippen LogP contribution >= 0.6 is 11.6 Å². The lowest BCUT2D eigenvalue weighted by Gasteiger charge is -2.01. The fourth-order valence-corrected chi connectivity index (χ4v) is 2.24. The summed E-state index contributed by atoms with van der Waals surface area (Å²) in [5.74, 6) is 1.05. The van der Waals surface area contributed by atoms with Crippen molar-refractivity contribution in [3.05, 3.63) is 65.2 Å². The van der Waals surface area contributed by atoms with E-state index in [2.05, 4.69) is 17.1 Å². The molecule has 90 valence electrons. The van der Waals surface area contributed by atoms with Gasteiger partial charge in [-0.2, -0.15) is 0 Å². The van der Waals surface area contributed by atoms with E-state index in [1.807, 2.05) is 22.6 Å². The van der Waals surface area contributed by atoms with Crippen LogP contribution in [-0.4, -0.2) is 14.5 Å². The third kappa shape index (κ3) is 1.93. The van der Waals surface area contributed by atoms with Crippen molar-refractivity contribution in [2.75, 3.05) is 0 Å². The highest BCUT2D eigenvalue weighted by atomic mass is 35.5. The molecular formula is C14H11ClN2O. The summed E-state index contributed by atoms with van der Waals surface area (Å²) < 4.78 is 1.90. The van der Waals surface area contributed by atoms with E-state index < -0.39 is 0 Å². The number of rotatable bonds is 2. The zero-order valence-electron chi connectivity index (χ0n) is 9.55. The summed E-state index contributed by atoms with van der Waals surface area (Å²) >= 11 is 6.07. The van der Waals surface area contributed by atoms with Gasteiger partial charge in [-0.15, -0.1) is 0 Å². The van der Waals surface area contributed by atoms with E-state index in [0.29, 0.717) is 11.6 Å². The Morgan fingerprint density at radius 1 is 1.17 bits per heavy atom. The number of fused-ring (bicyclic) bond motifs is 1. The topological polar surface area (TPSA) is 37.5 Å². The van der Waals surface area contributed by atoms with Crippen molar-refractivity contribution < 1.29 is 5.11 Å². The fourth-order valence-electron chi connectivity index (χ4n) is 2.00. The van der Waals surface area contributed by atoms with Gasteiger partial charge in [-0.1, -0.05) is 41.9 Å². The summed E-state index contributed by atoms with van der Waals surface area (Å²) in [5, 5.41) is 9.87. The molecule has 0 unspecified atom stereocenters. The second-order valence-electron chi connectivity index (χ2n) is 4.12. The predicted octanol–water partition coefficient (Wildman–Crippen LogP) is 3.28. The molecule has 1 N–H and O–H groups in total. The molecule has 0 bridgehead atoms. The van der Waals surface area contributed by atoms with Crippen molar-refractivity contribution in [3.8, 4) is 5.75 Å². The average molecular weight is 259 g/mol. The first kappa shape index (κ1) is 11.1. The molecule has 0 amide bonds.